The second-order valence-corrected chi connectivity index (χ2v) is 3.76. The number of halogens is 2. The zero-order valence-electron chi connectivity index (χ0n) is 6.67. The lowest BCUT2D eigenvalue weighted by Crippen LogP contribution is -2.19. The van der Waals surface area contributed by atoms with Gasteiger partial charge in [-0.15, -0.1) is 0 Å². The lowest BCUT2D eigenvalue weighted by Gasteiger charge is -2.10. The Morgan fingerprint density at radius 2 is 2.08 bits per heavy atom. The van der Waals surface area contributed by atoms with Gasteiger partial charge in [-0.1, -0.05) is 0 Å². The van der Waals surface area contributed by atoms with Crippen LogP contribution in [0.2, 0.25) is 0 Å². The Kier molecular flexibility index (Phi) is 1.84. The minimum Gasteiger partial charge on any atom is -0.390 e. The Bertz CT molecular complexity index is 184. The molecule has 0 spiro atoms. The summed E-state index contributed by atoms with van der Waals surface area (Å²) in [6, 6.07) is 0. The fourth-order valence-electron chi connectivity index (χ4n) is 1.70. The Hall–Kier alpha value is -0.220. The van der Waals surface area contributed by atoms with E-state index >= 15 is 0 Å². The van der Waals surface area contributed by atoms with Crippen LogP contribution in [0.15, 0.2) is 0 Å². The van der Waals surface area contributed by atoms with Gasteiger partial charge >= 0.3 is 0 Å². The van der Waals surface area contributed by atoms with Crippen molar-refractivity contribution in [2.45, 2.75) is 24.9 Å². The summed E-state index contributed by atoms with van der Waals surface area (Å²) >= 11 is 0. The molecule has 1 N–H and O–H groups in total. The maximum Gasteiger partial charge on any atom is 0.251 e. The van der Waals surface area contributed by atoms with Crippen molar-refractivity contribution in [2.75, 3.05) is 13.2 Å². The molecule has 2 fully saturated rings. The van der Waals surface area contributed by atoms with Gasteiger partial charge in [-0.2, -0.15) is 0 Å². The zero-order chi connectivity index (χ0) is 8.77. The molecular weight excluding hydrogens is 166 g/mol. The van der Waals surface area contributed by atoms with Gasteiger partial charge in [0.1, 0.15) is 0 Å². The lowest BCUT2D eigenvalue weighted by atomic mass is 9.99. The Labute approximate surface area is 69.5 Å². The Morgan fingerprint density at radius 3 is 2.50 bits per heavy atom. The second-order valence-electron chi connectivity index (χ2n) is 3.76. The molecule has 12 heavy (non-hydrogen) atoms. The SMILES string of the molecule is O[C@@H]1COC[C@H]1CC1CC1(F)F. The summed E-state index contributed by atoms with van der Waals surface area (Å²) in [5.74, 6) is -3.02. The first kappa shape index (κ1) is 8.38. The van der Waals surface area contributed by atoms with Crippen LogP contribution >= 0.6 is 0 Å². The van der Waals surface area contributed by atoms with Crippen molar-refractivity contribution < 1.29 is 18.6 Å². The Morgan fingerprint density at radius 1 is 1.42 bits per heavy atom. The van der Waals surface area contributed by atoms with E-state index in [-0.39, 0.29) is 12.3 Å². The summed E-state index contributed by atoms with van der Waals surface area (Å²) < 4.78 is 29.9. The standard InChI is InChI=1S/C8H12F2O2/c9-8(10)2-6(8)1-5-3-12-4-7(5)11/h5-7,11H,1-4H2/t5-,6?,7-/m1/s1. The number of aliphatic hydroxyl groups is 1. The van der Waals surface area contributed by atoms with Crippen LogP contribution in [0.4, 0.5) is 8.78 Å². The number of rotatable bonds is 2. The molecule has 3 atom stereocenters. The van der Waals surface area contributed by atoms with Crippen LogP contribution in [-0.4, -0.2) is 30.3 Å². The average molecular weight is 178 g/mol. The molecule has 70 valence electrons. The van der Waals surface area contributed by atoms with Gasteiger partial charge in [0.2, 0.25) is 0 Å². The topological polar surface area (TPSA) is 29.5 Å². The third-order valence-corrected chi connectivity index (χ3v) is 2.71. The van der Waals surface area contributed by atoms with E-state index in [1.165, 1.54) is 0 Å². The number of aliphatic hydroxyl groups excluding tert-OH is 1. The molecule has 2 aliphatic rings. The highest BCUT2D eigenvalue weighted by molar-refractivity contribution is 4.97. The number of hydrogen-bond acceptors (Lipinski definition) is 2. The second kappa shape index (κ2) is 2.64. The summed E-state index contributed by atoms with van der Waals surface area (Å²) in [5.41, 5.74) is 0. The molecule has 1 heterocycles. The molecule has 4 heteroatoms. The van der Waals surface area contributed by atoms with Gasteiger partial charge in [0.05, 0.1) is 19.3 Å². The van der Waals surface area contributed by atoms with E-state index in [9.17, 15) is 13.9 Å². The summed E-state index contributed by atoms with van der Waals surface area (Å²) in [6.45, 7) is 0.747. The molecule has 1 saturated carbocycles. The summed E-state index contributed by atoms with van der Waals surface area (Å²) in [5, 5.41) is 9.27. The number of hydrogen-bond donors (Lipinski definition) is 1. The zero-order valence-corrected chi connectivity index (χ0v) is 6.67. The summed E-state index contributed by atoms with van der Waals surface area (Å²) in [7, 11) is 0. The third-order valence-electron chi connectivity index (χ3n) is 2.71. The van der Waals surface area contributed by atoms with Crippen molar-refractivity contribution in [2.24, 2.45) is 11.8 Å². The maximum atomic E-state index is 12.5. The molecular formula is C8H12F2O2. The van der Waals surface area contributed by atoms with E-state index in [2.05, 4.69) is 0 Å². The third kappa shape index (κ3) is 1.45. The molecule has 1 aliphatic heterocycles. The summed E-state index contributed by atoms with van der Waals surface area (Å²) in [4.78, 5) is 0. The molecule has 0 bridgehead atoms. The Balaban J connectivity index is 1.80. The molecule has 0 aromatic rings. The van der Waals surface area contributed by atoms with Crippen molar-refractivity contribution in [3.8, 4) is 0 Å². The van der Waals surface area contributed by atoms with E-state index < -0.39 is 17.9 Å². The van der Waals surface area contributed by atoms with E-state index in [0.717, 1.165) is 0 Å². The van der Waals surface area contributed by atoms with Gasteiger partial charge in [0.15, 0.2) is 0 Å². The van der Waals surface area contributed by atoms with Gasteiger partial charge in [-0.25, -0.2) is 8.78 Å². The van der Waals surface area contributed by atoms with Crippen molar-refractivity contribution in [3.63, 3.8) is 0 Å². The van der Waals surface area contributed by atoms with Crippen LogP contribution in [0.25, 0.3) is 0 Å². The van der Waals surface area contributed by atoms with Gasteiger partial charge < -0.3 is 9.84 Å². The van der Waals surface area contributed by atoms with Crippen molar-refractivity contribution >= 4 is 0 Å². The number of alkyl halides is 2. The maximum absolute atomic E-state index is 12.5. The van der Waals surface area contributed by atoms with E-state index in [1.807, 2.05) is 0 Å². The van der Waals surface area contributed by atoms with Crippen molar-refractivity contribution in [1.29, 1.82) is 0 Å². The smallest absolute Gasteiger partial charge is 0.251 e. The molecule has 1 aliphatic carbocycles. The van der Waals surface area contributed by atoms with E-state index in [4.69, 9.17) is 4.74 Å². The first-order valence-electron chi connectivity index (χ1n) is 4.23. The average Bonchev–Trinajstić information content (AvgIpc) is 2.39. The van der Waals surface area contributed by atoms with Gasteiger partial charge in [-0.05, 0) is 6.42 Å². The largest absolute Gasteiger partial charge is 0.390 e. The van der Waals surface area contributed by atoms with E-state index in [0.29, 0.717) is 19.6 Å². The fraction of sp³-hybridized carbons (Fsp3) is 1.00. The summed E-state index contributed by atoms with van der Waals surface area (Å²) in [6.07, 6.45) is -0.119. The van der Waals surface area contributed by atoms with Gasteiger partial charge in [-0.3, -0.25) is 0 Å². The normalized spacial score (nSPS) is 44.8. The molecule has 1 saturated heterocycles. The minimum atomic E-state index is -2.46. The first-order chi connectivity index (χ1) is 5.59. The lowest BCUT2D eigenvalue weighted by molar-refractivity contribution is 0.0815. The molecule has 0 aromatic carbocycles. The van der Waals surface area contributed by atoms with Crippen LogP contribution in [0.1, 0.15) is 12.8 Å². The molecule has 0 radical (unpaired) electrons. The van der Waals surface area contributed by atoms with Crippen LogP contribution in [0.3, 0.4) is 0 Å². The quantitative estimate of drug-likeness (QED) is 0.684. The predicted molar refractivity (Wildman–Crippen MR) is 38.0 cm³/mol. The van der Waals surface area contributed by atoms with Crippen LogP contribution in [-0.2, 0) is 4.74 Å². The number of ether oxygens (including phenoxy) is 1. The van der Waals surface area contributed by atoms with Crippen LogP contribution < -0.4 is 0 Å². The van der Waals surface area contributed by atoms with Gasteiger partial charge in [0.25, 0.3) is 5.92 Å². The molecule has 2 rings (SSSR count). The predicted octanol–water partition coefficient (Wildman–Crippen LogP) is 1.04. The molecule has 0 amide bonds. The van der Waals surface area contributed by atoms with Crippen LogP contribution in [0, 0.1) is 11.8 Å². The minimum absolute atomic E-state index is 0.00375. The fourth-order valence-corrected chi connectivity index (χ4v) is 1.70. The van der Waals surface area contributed by atoms with Gasteiger partial charge in [0, 0.05) is 18.3 Å². The molecule has 0 aromatic heterocycles. The van der Waals surface area contributed by atoms with Crippen molar-refractivity contribution in [3.05, 3.63) is 0 Å². The highest BCUT2D eigenvalue weighted by atomic mass is 19.3. The van der Waals surface area contributed by atoms with Crippen LogP contribution in [0.5, 0.6) is 0 Å². The highest BCUT2D eigenvalue weighted by Gasteiger charge is 2.57. The highest BCUT2D eigenvalue weighted by Crippen LogP contribution is 2.52. The molecule has 2 nitrogen and oxygen atoms in total. The monoisotopic (exact) mass is 178 g/mol. The van der Waals surface area contributed by atoms with E-state index in [1.54, 1.807) is 0 Å². The molecule has 1 unspecified atom stereocenters. The first-order valence-corrected chi connectivity index (χ1v) is 4.23. The van der Waals surface area contributed by atoms with Crippen molar-refractivity contribution in [1.82, 2.24) is 0 Å².